The lowest BCUT2D eigenvalue weighted by Crippen LogP contribution is -2.39. The molecular weight excluding hydrogens is 266 g/mol. The quantitative estimate of drug-likeness (QED) is 0.926. The molecule has 0 saturated carbocycles. The smallest absolute Gasteiger partial charge is 0.308 e. The zero-order valence-electron chi connectivity index (χ0n) is 12.7. The van der Waals surface area contributed by atoms with E-state index < -0.39 is 11.9 Å². The number of carboxylic acid groups (broad SMARTS) is 1. The largest absolute Gasteiger partial charge is 0.481 e. The van der Waals surface area contributed by atoms with Crippen LogP contribution in [0.4, 0.5) is 0 Å². The molecule has 1 N–H and O–H groups in total. The van der Waals surface area contributed by atoms with Gasteiger partial charge in [-0.2, -0.15) is 0 Å². The number of likely N-dealkylation sites (tertiary alicyclic amines) is 1. The number of aliphatic carboxylic acids is 1. The van der Waals surface area contributed by atoms with E-state index in [1.807, 2.05) is 38.1 Å². The third kappa shape index (κ3) is 3.43. The van der Waals surface area contributed by atoms with Crippen LogP contribution in [-0.2, 0) is 9.59 Å². The molecule has 21 heavy (non-hydrogen) atoms. The molecule has 0 aromatic heterocycles. The Morgan fingerprint density at radius 2 is 2.19 bits per heavy atom. The molecule has 0 spiro atoms. The van der Waals surface area contributed by atoms with Crippen LogP contribution in [0, 0.1) is 12.8 Å². The highest BCUT2D eigenvalue weighted by Gasteiger charge is 2.38. The molecule has 1 amide bonds. The van der Waals surface area contributed by atoms with Crippen molar-refractivity contribution in [2.45, 2.75) is 45.6 Å². The fourth-order valence-corrected chi connectivity index (χ4v) is 3.18. The Balaban J connectivity index is 2.47. The molecule has 1 aromatic carbocycles. The minimum atomic E-state index is -0.808. The Bertz CT molecular complexity index is 527. The maximum Gasteiger partial charge on any atom is 0.308 e. The third-order valence-electron chi connectivity index (χ3n) is 4.11. The lowest BCUT2D eigenvalue weighted by Gasteiger charge is -2.34. The van der Waals surface area contributed by atoms with Gasteiger partial charge in [0, 0.05) is 13.0 Å². The Morgan fingerprint density at radius 3 is 2.81 bits per heavy atom. The van der Waals surface area contributed by atoms with Gasteiger partial charge in [0.1, 0.15) is 0 Å². The van der Waals surface area contributed by atoms with Crippen LogP contribution >= 0.6 is 0 Å². The summed E-state index contributed by atoms with van der Waals surface area (Å²) in [5.41, 5.74) is 2.02. The molecule has 0 radical (unpaired) electrons. The minimum Gasteiger partial charge on any atom is -0.481 e. The minimum absolute atomic E-state index is 0.0760. The van der Waals surface area contributed by atoms with E-state index in [0.29, 0.717) is 25.8 Å². The molecule has 0 aliphatic carbocycles. The van der Waals surface area contributed by atoms with Crippen molar-refractivity contribution in [3.63, 3.8) is 0 Å². The van der Waals surface area contributed by atoms with Gasteiger partial charge in [-0.25, -0.2) is 0 Å². The second kappa shape index (κ2) is 6.74. The van der Waals surface area contributed by atoms with Crippen molar-refractivity contribution in [3.05, 3.63) is 35.4 Å². The Labute approximate surface area is 125 Å². The number of aryl methyl sites for hydroxylation is 1. The molecule has 114 valence electrons. The van der Waals surface area contributed by atoms with Gasteiger partial charge in [-0.3, -0.25) is 9.59 Å². The van der Waals surface area contributed by atoms with Gasteiger partial charge in [0.15, 0.2) is 0 Å². The van der Waals surface area contributed by atoms with Gasteiger partial charge in [0.2, 0.25) is 5.91 Å². The first-order valence-corrected chi connectivity index (χ1v) is 7.63. The monoisotopic (exact) mass is 289 g/mol. The van der Waals surface area contributed by atoms with E-state index in [0.717, 1.165) is 17.5 Å². The molecule has 2 atom stereocenters. The van der Waals surface area contributed by atoms with Gasteiger partial charge in [-0.15, -0.1) is 0 Å². The van der Waals surface area contributed by atoms with Gasteiger partial charge in [0.25, 0.3) is 0 Å². The topological polar surface area (TPSA) is 57.6 Å². The fourth-order valence-electron chi connectivity index (χ4n) is 3.18. The van der Waals surface area contributed by atoms with Crippen molar-refractivity contribution in [1.82, 2.24) is 4.90 Å². The highest BCUT2D eigenvalue weighted by molar-refractivity contribution is 5.79. The average Bonchev–Trinajstić information content (AvgIpc) is 2.59. The Morgan fingerprint density at radius 1 is 1.43 bits per heavy atom. The summed E-state index contributed by atoms with van der Waals surface area (Å²) in [4.78, 5) is 25.8. The number of hydrogen-bond donors (Lipinski definition) is 1. The lowest BCUT2D eigenvalue weighted by atomic mass is 9.88. The summed E-state index contributed by atoms with van der Waals surface area (Å²) in [6, 6.07) is 7.51. The number of rotatable bonds is 4. The number of nitrogens with zero attached hydrogens (tertiary/aromatic N) is 1. The SMILES string of the molecule is CCCN1C(=O)CCCC(C(=O)O)C1c1cccc(C)c1. The predicted molar refractivity (Wildman–Crippen MR) is 80.9 cm³/mol. The highest BCUT2D eigenvalue weighted by atomic mass is 16.4. The van der Waals surface area contributed by atoms with Crippen LogP contribution in [0.25, 0.3) is 0 Å². The van der Waals surface area contributed by atoms with Crippen molar-refractivity contribution in [2.24, 2.45) is 5.92 Å². The summed E-state index contributed by atoms with van der Waals surface area (Å²) in [7, 11) is 0. The Kier molecular flexibility index (Phi) is 4.99. The van der Waals surface area contributed by atoms with Crippen LogP contribution < -0.4 is 0 Å². The summed E-state index contributed by atoms with van der Waals surface area (Å²) >= 11 is 0. The van der Waals surface area contributed by atoms with Gasteiger partial charge in [-0.1, -0.05) is 36.8 Å². The van der Waals surface area contributed by atoms with Crippen LogP contribution in [-0.4, -0.2) is 28.4 Å². The molecule has 1 saturated heterocycles. The number of amides is 1. The van der Waals surface area contributed by atoms with E-state index in [4.69, 9.17) is 0 Å². The normalized spacial score (nSPS) is 23.0. The summed E-state index contributed by atoms with van der Waals surface area (Å²) in [6.07, 6.45) is 2.49. The van der Waals surface area contributed by atoms with E-state index in [1.54, 1.807) is 4.90 Å². The van der Waals surface area contributed by atoms with E-state index in [-0.39, 0.29) is 11.9 Å². The van der Waals surface area contributed by atoms with Crippen molar-refractivity contribution in [1.29, 1.82) is 0 Å². The van der Waals surface area contributed by atoms with Crippen molar-refractivity contribution in [2.75, 3.05) is 6.54 Å². The fraction of sp³-hybridized carbons (Fsp3) is 0.529. The van der Waals surface area contributed by atoms with E-state index in [9.17, 15) is 14.7 Å². The molecule has 1 aliphatic rings. The number of hydrogen-bond acceptors (Lipinski definition) is 2. The molecule has 1 aromatic rings. The average molecular weight is 289 g/mol. The molecule has 1 fully saturated rings. The first kappa shape index (κ1) is 15.5. The summed E-state index contributed by atoms with van der Waals surface area (Å²) in [5, 5.41) is 9.60. The van der Waals surface area contributed by atoms with Crippen LogP contribution in [0.1, 0.15) is 49.8 Å². The second-order valence-corrected chi connectivity index (χ2v) is 5.78. The predicted octanol–water partition coefficient (Wildman–Crippen LogP) is 3.16. The van der Waals surface area contributed by atoms with Crippen molar-refractivity contribution < 1.29 is 14.7 Å². The van der Waals surface area contributed by atoms with Crippen molar-refractivity contribution >= 4 is 11.9 Å². The summed E-state index contributed by atoms with van der Waals surface area (Å²) in [6.45, 7) is 4.62. The Hall–Kier alpha value is -1.84. The molecule has 2 unspecified atom stereocenters. The van der Waals surface area contributed by atoms with Gasteiger partial charge >= 0.3 is 5.97 Å². The van der Waals surface area contributed by atoms with Crippen LogP contribution in [0.15, 0.2) is 24.3 Å². The number of benzene rings is 1. The zero-order valence-corrected chi connectivity index (χ0v) is 12.7. The molecule has 0 bridgehead atoms. The molecule has 1 aliphatic heterocycles. The van der Waals surface area contributed by atoms with Gasteiger partial charge in [-0.05, 0) is 31.7 Å². The summed E-state index contributed by atoms with van der Waals surface area (Å²) < 4.78 is 0. The standard InChI is InChI=1S/C17H23NO3/c1-3-10-18-15(19)9-5-8-14(17(20)21)16(18)13-7-4-6-12(2)11-13/h4,6-7,11,14,16H,3,5,8-10H2,1-2H3,(H,20,21). The maximum atomic E-state index is 12.4. The molecule has 1 heterocycles. The molecular formula is C17H23NO3. The molecule has 4 nitrogen and oxygen atoms in total. The van der Waals surface area contributed by atoms with Crippen LogP contribution in [0.2, 0.25) is 0 Å². The van der Waals surface area contributed by atoms with Crippen molar-refractivity contribution in [3.8, 4) is 0 Å². The molecule has 2 rings (SSSR count). The van der Waals surface area contributed by atoms with Crippen LogP contribution in [0.5, 0.6) is 0 Å². The van der Waals surface area contributed by atoms with E-state index >= 15 is 0 Å². The zero-order chi connectivity index (χ0) is 15.4. The lowest BCUT2D eigenvalue weighted by molar-refractivity contribution is -0.146. The number of carboxylic acids is 1. The van der Waals surface area contributed by atoms with Crippen LogP contribution in [0.3, 0.4) is 0 Å². The number of carbonyl (C=O) groups excluding carboxylic acids is 1. The highest BCUT2D eigenvalue weighted by Crippen LogP contribution is 2.36. The van der Waals surface area contributed by atoms with E-state index in [2.05, 4.69) is 0 Å². The van der Waals surface area contributed by atoms with Gasteiger partial charge in [0.05, 0.1) is 12.0 Å². The molecule has 4 heteroatoms. The second-order valence-electron chi connectivity index (χ2n) is 5.78. The maximum absolute atomic E-state index is 12.4. The first-order valence-electron chi connectivity index (χ1n) is 7.63. The third-order valence-corrected chi connectivity index (χ3v) is 4.11. The van der Waals surface area contributed by atoms with E-state index in [1.165, 1.54) is 0 Å². The summed E-state index contributed by atoms with van der Waals surface area (Å²) in [5.74, 6) is -1.26. The first-order chi connectivity index (χ1) is 10.0. The van der Waals surface area contributed by atoms with Gasteiger partial charge < -0.3 is 10.0 Å². The number of carbonyl (C=O) groups is 2.